The van der Waals surface area contributed by atoms with E-state index < -0.39 is 17.6 Å². The molecule has 5 N–H and O–H groups in total. The summed E-state index contributed by atoms with van der Waals surface area (Å²) in [5.41, 5.74) is 7.74. The van der Waals surface area contributed by atoms with Gasteiger partial charge in [-0.1, -0.05) is 36.5 Å². The molecule has 0 saturated carbocycles. The number of fused-ring (bicyclic) bond motifs is 3. The minimum atomic E-state index is -0.518. The van der Waals surface area contributed by atoms with Crippen molar-refractivity contribution < 1.29 is 14.3 Å². The van der Waals surface area contributed by atoms with E-state index in [9.17, 15) is 14.4 Å². The van der Waals surface area contributed by atoms with Crippen LogP contribution >= 0.6 is 23.2 Å². The number of hydrogen-bond donors (Lipinski definition) is 3. The van der Waals surface area contributed by atoms with Crippen molar-refractivity contribution in [3.8, 4) is 11.3 Å². The highest BCUT2D eigenvalue weighted by atomic mass is 35.5. The largest absolute Gasteiger partial charge is 0.453 e. The van der Waals surface area contributed by atoms with Crippen LogP contribution in [0.5, 0.6) is 0 Å². The number of hydrogen-bond acceptors (Lipinski definition) is 9. The molecule has 1 fully saturated rings. The van der Waals surface area contributed by atoms with Crippen molar-refractivity contribution in [2.24, 2.45) is 17.5 Å². The number of carbonyl (C=O) groups excluding carboxylic acids is 2. The number of nitrogens with zero attached hydrogens (tertiary/aromatic N) is 5. The molecule has 1 spiro atoms. The fourth-order valence-electron chi connectivity index (χ4n) is 5.84. The number of carbonyl (C=O) groups is 2. The zero-order valence-corrected chi connectivity index (χ0v) is 25.9. The van der Waals surface area contributed by atoms with Gasteiger partial charge in [0, 0.05) is 53.8 Å². The predicted molar refractivity (Wildman–Crippen MR) is 168 cm³/mol. The normalized spacial score (nSPS) is 20.2. The van der Waals surface area contributed by atoms with E-state index in [4.69, 9.17) is 39.5 Å². The minimum absolute atomic E-state index is 0.0255. The van der Waals surface area contributed by atoms with Crippen molar-refractivity contribution in [1.29, 1.82) is 0 Å². The Labute approximate surface area is 264 Å². The molecule has 0 radical (unpaired) electrons. The average molecular weight is 642 g/mol. The number of anilines is 1. The maximum Gasteiger partial charge on any atom is 0.409 e. The molecule has 5 rings (SSSR count). The van der Waals surface area contributed by atoms with Gasteiger partial charge in [0.15, 0.2) is 0 Å². The average Bonchev–Trinajstić information content (AvgIpc) is 2.97. The highest BCUT2D eigenvalue weighted by molar-refractivity contribution is 6.31. The summed E-state index contributed by atoms with van der Waals surface area (Å²) >= 11 is 12.1. The maximum atomic E-state index is 13.7. The second-order valence-electron chi connectivity index (χ2n) is 11.2. The van der Waals surface area contributed by atoms with Crippen molar-refractivity contribution >= 4 is 40.9 Å². The highest BCUT2D eigenvalue weighted by Gasteiger charge is 2.47. The topological polar surface area (TPSA) is 162 Å². The molecule has 2 amide bonds. The lowest BCUT2D eigenvalue weighted by atomic mass is 9.73. The van der Waals surface area contributed by atoms with Crippen LogP contribution in [0.2, 0.25) is 5.02 Å². The Balaban J connectivity index is 1.54. The highest BCUT2D eigenvalue weighted by Crippen LogP contribution is 2.37. The molecule has 4 heterocycles. The van der Waals surface area contributed by atoms with Gasteiger partial charge in [0.2, 0.25) is 5.91 Å². The molecule has 2 atom stereocenters. The second-order valence-corrected chi connectivity index (χ2v) is 12.1. The lowest BCUT2D eigenvalue weighted by molar-refractivity contribution is -0.125. The second kappa shape index (κ2) is 12.8. The molecule has 1 aromatic carbocycles. The third-order valence-electron chi connectivity index (χ3n) is 8.26. The van der Waals surface area contributed by atoms with E-state index in [1.165, 1.54) is 30.7 Å². The number of halogens is 2. The number of likely N-dealkylation sites (tertiary alicyclic amines) is 1. The molecule has 2 bridgehead atoms. The Bertz CT molecular complexity index is 1650. The van der Waals surface area contributed by atoms with Crippen molar-refractivity contribution in [3.05, 3.63) is 86.9 Å². The van der Waals surface area contributed by atoms with E-state index in [-0.39, 0.29) is 22.5 Å². The third-order valence-corrected chi connectivity index (χ3v) is 8.60. The molecule has 2 aliphatic heterocycles. The van der Waals surface area contributed by atoms with Gasteiger partial charge in [-0.3, -0.25) is 24.1 Å². The number of rotatable bonds is 4. The Kier molecular flexibility index (Phi) is 9.14. The summed E-state index contributed by atoms with van der Waals surface area (Å²) in [6.07, 6.45) is 5.96. The first-order valence-electron chi connectivity index (χ1n) is 14.1. The van der Waals surface area contributed by atoms with Crippen LogP contribution in [-0.2, 0) is 14.9 Å². The number of benzene rings is 1. The monoisotopic (exact) mass is 640 g/mol. The van der Waals surface area contributed by atoms with Gasteiger partial charge in [-0.15, -0.1) is 0 Å². The van der Waals surface area contributed by atoms with E-state index in [1.54, 1.807) is 33.9 Å². The van der Waals surface area contributed by atoms with Gasteiger partial charge in [-0.25, -0.2) is 15.6 Å². The molecule has 1 saturated heterocycles. The third kappa shape index (κ3) is 6.37. The number of amides is 2. The Morgan fingerprint density at radius 3 is 2.66 bits per heavy atom. The van der Waals surface area contributed by atoms with Crippen LogP contribution in [-0.4, -0.2) is 58.2 Å². The SMILES string of the molecule is COC(=O)N1CC2(CNC(=O)C(C)CCCC(n3cnc(-c4cc(Cl)ccc4N(N)/C=C(\N)Cl)cc3=O)c3cc2ccn3)C1. The lowest BCUT2D eigenvalue weighted by Gasteiger charge is -2.50. The Morgan fingerprint density at radius 1 is 1.18 bits per heavy atom. The summed E-state index contributed by atoms with van der Waals surface area (Å²) in [4.78, 5) is 49.8. The van der Waals surface area contributed by atoms with Crippen LogP contribution in [0.15, 0.2) is 65.1 Å². The van der Waals surface area contributed by atoms with E-state index in [0.29, 0.717) is 66.6 Å². The Morgan fingerprint density at radius 2 is 1.95 bits per heavy atom. The molecule has 2 aromatic heterocycles. The van der Waals surface area contributed by atoms with E-state index >= 15 is 0 Å². The van der Waals surface area contributed by atoms with Crippen LogP contribution in [0.25, 0.3) is 11.3 Å². The maximum absolute atomic E-state index is 13.7. The van der Waals surface area contributed by atoms with Crippen molar-refractivity contribution in [2.75, 3.05) is 31.8 Å². The lowest BCUT2D eigenvalue weighted by Crippen LogP contribution is -2.65. The zero-order chi connectivity index (χ0) is 31.6. The molecular weight excluding hydrogens is 607 g/mol. The molecule has 232 valence electrons. The van der Waals surface area contributed by atoms with Crippen LogP contribution in [0.3, 0.4) is 0 Å². The quantitative estimate of drug-likeness (QED) is 0.220. The van der Waals surface area contributed by atoms with Gasteiger partial charge in [-0.2, -0.15) is 0 Å². The molecular formula is C30H34Cl2N8O4. The molecule has 44 heavy (non-hydrogen) atoms. The summed E-state index contributed by atoms with van der Waals surface area (Å²) in [6, 6.07) is 9.82. The smallest absolute Gasteiger partial charge is 0.409 e. The number of pyridine rings is 1. The number of hydrazine groups is 1. The van der Waals surface area contributed by atoms with Crippen LogP contribution in [0, 0.1) is 5.92 Å². The van der Waals surface area contributed by atoms with Crippen molar-refractivity contribution in [3.63, 3.8) is 0 Å². The fourth-order valence-corrected chi connectivity index (χ4v) is 6.12. The number of nitrogens with one attached hydrogen (secondary N) is 1. The summed E-state index contributed by atoms with van der Waals surface area (Å²) in [5.74, 6) is 5.87. The number of methoxy groups -OCH3 is 1. The summed E-state index contributed by atoms with van der Waals surface area (Å²) < 4.78 is 6.46. The summed E-state index contributed by atoms with van der Waals surface area (Å²) in [5, 5.41) is 4.73. The molecule has 0 aliphatic carbocycles. The van der Waals surface area contributed by atoms with Crippen LogP contribution in [0.4, 0.5) is 10.5 Å². The van der Waals surface area contributed by atoms with Gasteiger partial charge < -0.3 is 20.7 Å². The first-order chi connectivity index (χ1) is 21.0. The number of nitrogens with two attached hydrogens (primary N) is 2. The minimum Gasteiger partial charge on any atom is -0.453 e. The zero-order valence-electron chi connectivity index (χ0n) is 24.4. The van der Waals surface area contributed by atoms with E-state index in [1.807, 2.05) is 19.1 Å². The summed E-state index contributed by atoms with van der Waals surface area (Å²) in [7, 11) is 1.34. The Hall–Kier alpha value is -4.13. The van der Waals surface area contributed by atoms with Gasteiger partial charge in [-0.05, 0) is 48.7 Å². The van der Waals surface area contributed by atoms with E-state index in [0.717, 1.165) is 5.56 Å². The van der Waals surface area contributed by atoms with Gasteiger partial charge in [0.25, 0.3) is 5.56 Å². The first-order valence-corrected chi connectivity index (χ1v) is 14.9. The molecule has 3 aromatic rings. The summed E-state index contributed by atoms with van der Waals surface area (Å²) in [6.45, 7) is 3.01. The predicted octanol–water partition coefficient (Wildman–Crippen LogP) is 3.48. The molecule has 2 unspecified atom stereocenters. The number of ether oxygens (including phenoxy) is 1. The van der Waals surface area contributed by atoms with Crippen molar-refractivity contribution in [1.82, 2.24) is 24.8 Å². The molecule has 2 aliphatic rings. The fraction of sp³-hybridized carbons (Fsp3) is 0.367. The number of aromatic nitrogens is 3. The van der Waals surface area contributed by atoms with Crippen LogP contribution in [0.1, 0.15) is 43.5 Å². The van der Waals surface area contributed by atoms with Crippen molar-refractivity contribution in [2.45, 2.75) is 37.6 Å². The first kappa shape index (κ1) is 31.3. The molecule has 12 nitrogen and oxygen atoms in total. The van der Waals surface area contributed by atoms with Gasteiger partial charge in [0.1, 0.15) is 5.16 Å². The van der Waals surface area contributed by atoms with Crippen LogP contribution < -0.4 is 27.5 Å². The van der Waals surface area contributed by atoms with Gasteiger partial charge in [0.05, 0.1) is 42.8 Å². The standard InChI is InChI=1S/C30H34Cl2N8O4/c1-18-4-3-5-25(23-10-19(8-9-35-23)30(14-36-28(18)42)15-38(16-30)29(43)44-2)39-17-37-22(12-27(39)41)21-11-20(31)6-7-24(21)40(34)13-26(32)33/h6-13,17-18,25H,3-5,14-16,33-34H2,1-2H3,(H,36,42)/b26-13-. The van der Waals surface area contributed by atoms with Gasteiger partial charge >= 0.3 is 6.09 Å². The van der Waals surface area contributed by atoms with E-state index in [2.05, 4.69) is 15.3 Å². The molecule has 14 heteroatoms.